The molecule has 232 valence electrons. The topological polar surface area (TPSA) is 118 Å². The summed E-state index contributed by atoms with van der Waals surface area (Å²) >= 11 is 0. The van der Waals surface area contributed by atoms with E-state index in [-0.39, 0.29) is 6.54 Å². The van der Waals surface area contributed by atoms with Crippen molar-refractivity contribution in [3.8, 4) is 17.1 Å². The third-order valence-corrected chi connectivity index (χ3v) is 6.79. The number of hydrogen-bond acceptors (Lipinski definition) is 7. The minimum Gasteiger partial charge on any atom is -0.496 e. The lowest BCUT2D eigenvalue weighted by Crippen LogP contribution is -2.35. The molecule has 3 amide bonds. The fourth-order valence-electron chi connectivity index (χ4n) is 4.92. The van der Waals surface area contributed by atoms with Gasteiger partial charge in [-0.1, -0.05) is 63.2 Å². The molecule has 0 saturated heterocycles. The highest BCUT2D eigenvalue weighted by Crippen LogP contribution is 2.32. The molecule has 0 unspecified atom stereocenters. The van der Waals surface area contributed by atoms with Gasteiger partial charge in [-0.3, -0.25) is 4.90 Å². The van der Waals surface area contributed by atoms with Gasteiger partial charge in [0.05, 0.1) is 18.9 Å². The number of carbonyl (C=O) groups is 2. The van der Waals surface area contributed by atoms with Gasteiger partial charge in [0.15, 0.2) is 12.2 Å². The van der Waals surface area contributed by atoms with E-state index in [1.807, 2.05) is 42.5 Å². The van der Waals surface area contributed by atoms with E-state index in [0.717, 1.165) is 36.2 Å². The molecule has 1 heterocycles. The van der Waals surface area contributed by atoms with Crippen LogP contribution in [-0.2, 0) is 11.3 Å². The predicted molar refractivity (Wildman–Crippen MR) is 172 cm³/mol. The molecular formula is C34H41N5O5. The number of amides is 3. The van der Waals surface area contributed by atoms with Crippen molar-refractivity contribution in [2.45, 2.75) is 39.8 Å². The van der Waals surface area contributed by atoms with E-state index in [0.29, 0.717) is 35.3 Å². The maximum absolute atomic E-state index is 12.9. The summed E-state index contributed by atoms with van der Waals surface area (Å²) in [6.07, 6.45) is 3.06. The van der Waals surface area contributed by atoms with Gasteiger partial charge in [0.2, 0.25) is 0 Å². The van der Waals surface area contributed by atoms with Crippen LogP contribution in [0.2, 0.25) is 0 Å². The number of alkyl carbamates (subject to hydrolysis) is 1. The van der Waals surface area contributed by atoms with Crippen LogP contribution in [0.3, 0.4) is 0 Å². The van der Waals surface area contributed by atoms with Crippen molar-refractivity contribution in [3.63, 3.8) is 0 Å². The fraction of sp³-hybridized carbons (Fsp3) is 0.324. The number of nitrogens with zero attached hydrogens (tertiary/aromatic N) is 2. The summed E-state index contributed by atoms with van der Waals surface area (Å²) < 4.78 is 16.8. The van der Waals surface area contributed by atoms with Gasteiger partial charge < -0.3 is 29.8 Å². The van der Waals surface area contributed by atoms with Crippen LogP contribution in [0, 0.1) is 5.92 Å². The van der Waals surface area contributed by atoms with Crippen LogP contribution in [-0.4, -0.2) is 48.8 Å². The Morgan fingerprint density at radius 2 is 1.73 bits per heavy atom. The minimum absolute atomic E-state index is 0.239. The standard InChI is InChI=1S/C34H41N5O5/c1-5-16-39(21-24(2)3)22-32(26-11-7-6-8-12-26)44-34(41)36-19-25-10-9-13-27(17-25)37-33(40)38-28-14-15-29(30(18-28)42-4)31-20-35-23-43-31/h6-15,17-18,20,23-24,32H,5,16,19,21-22H2,1-4H3,(H,36,41)(H2,37,38,40)/t32-/m1/s1. The molecule has 10 heteroatoms. The van der Waals surface area contributed by atoms with Crippen molar-refractivity contribution in [2.24, 2.45) is 5.92 Å². The number of nitrogens with one attached hydrogen (secondary N) is 3. The number of rotatable bonds is 14. The van der Waals surface area contributed by atoms with Gasteiger partial charge in [-0.15, -0.1) is 0 Å². The summed E-state index contributed by atoms with van der Waals surface area (Å²) in [6, 6.07) is 21.9. The van der Waals surface area contributed by atoms with Gasteiger partial charge in [-0.25, -0.2) is 14.6 Å². The lowest BCUT2D eigenvalue weighted by Gasteiger charge is -2.28. The zero-order valence-electron chi connectivity index (χ0n) is 25.7. The summed E-state index contributed by atoms with van der Waals surface area (Å²) in [5, 5.41) is 8.50. The number of anilines is 2. The van der Waals surface area contributed by atoms with Crippen molar-refractivity contribution in [1.29, 1.82) is 0 Å². The molecule has 0 aliphatic carbocycles. The van der Waals surface area contributed by atoms with E-state index >= 15 is 0 Å². The van der Waals surface area contributed by atoms with Crippen LogP contribution in [0.15, 0.2) is 89.8 Å². The minimum atomic E-state index is -0.501. The summed E-state index contributed by atoms with van der Waals surface area (Å²) in [5.74, 6) is 1.60. The molecule has 0 radical (unpaired) electrons. The molecule has 0 spiro atoms. The predicted octanol–water partition coefficient (Wildman–Crippen LogP) is 7.33. The Morgan fingerprint density at radius 1 is 0.955 bits per heavy atom. The number of carbonyl (C=O) groups excluding carboxylic acids is 2. The molecule has 0 saturated carbocycles. The van der Waals surface area contributed by atoms with Gasteiger partial charge in [-0.05, 0) is 54.3 Å². The van der Waals surface area contributed by atoms with E-state index in [2.05, 4.69) is 46.6 Å². The van der Waals surface area contributed by atoms with Gasteiger partial charge in [0, 0.05) is 37.1 Å². The third kappa shape index (κ3) is 9.60. The Morgan fingerprint density at radius 3 is 2.41 bits per heavy atom. The van der Waals surface area contributed by atoms with Crippen molar-refractivity contribution in [1.82, 2.24) is 15.2 Å². The summed E-state index contributed by atoms with van der Waals surface area (Å²) in [5.41, 5.74) is 3.60. The van der Waals surface area contributed by atoms with Crippen LogP contribution in [0.1, 0.15) is 44.4 Å². The average Bonchev–Trinajstić information content (AvgIpc) is 3.55. The number of hydrogen-bond donors (Lipinski definition) is 3. The maximum atomic E-state index is 12.9. The molecule has 3 N–H and O–H groups in total. The summed E-state index contributed by atoms with van der Waals surface area (Å²) in [4.78, 5) is 32.0. The van der Waals surface area contributed by atoms with Crippen LogP contribution in [0.4, 0.5) is 21.0 Å². The second-order valence-electron chi connectivity index (χ2n) is 10.9. The highest BCUT2D eigenvalue weighted by molar-refractivity contribution is 6.00. The van der Waals surface area contributed by atoms with Crippen LogP contribution in [0.25, 0.3) is 11.3 Å². The van der Waals surface area contributed by atoms with Gasteiger partial charge in [0.1, 0.15) is 11.9 Å². The quantitative estimate of drug-likeness (QED) is 0.139. The number of urea groups is 1. The SMILES string of the molecule is CCCN(CC(C)C)C[C@@H](OC(=O)NCc1cccc(NC(=O)Nc2ccc(-c3cnco3)c(OC)c2)c1)c1ccccc1. The molecule has 3 aromatic carbocycles. The molecule has 10 nitrogen and oxygen atoms in total. The van der Waals surface area contributed by atoms with Gasteiger partial charge in [-0.2, -0.15) is 0 Å². The molecule has 4 rings (SSSR count). The van der Waals surface area contributed by atoms with E-state index in [4.69, 9.17) is 13.9 Å². The largest absolute Gasteiger partial charge is 0.496 e. The average molecular weight is 600 g/mol. The fourth-order valence-corrected chi connectivity index (χ4v) is 4.92. The summed E-state index contributed by atoms with van der Waals surface area (Å²) in [6.45, 7) is 9.25. The lowest BCUT2D eigenvalue weighted by molar-refractivity contribution is 0.0657. The van der Waals surface area contributed by atoms with Crippen LogP contribution in [0.5, 0.6) is 5.75 Å². The molecule has 1 aromatic heterocycles. The third-order valence-electron chi connectivity index (χ3n) is 6.79. The van der Waals surface area contributed by atoms with Gasteiger partial charge >= 0.3 is 12.1 Å². The molecular weight excluding hydrogens is 558 g/mol. The zero-order chi connectivity index (χ0) is 31.3. The highest BCUT2D eigenvalue weighted by atomic mass is 16.6. The normalized spacial score (nSPS) is 11.7. The Labute approximate surface area is 258 Å². The Bertz CT molecular complexity index is 1480. The van der Waals surface area contributed by atoms with E-state index in [9.17, 15) is 9.59 Å². The molecule has 0 aliphatic heterocycles. The Kier molecular flexibility index (Phi) is 11.8. The first-order chi connectivity index (χ1) is 21.3. The Balaban J connectivity index is 1.33. The molecule has 0 fully saturated rings. The second-order valence-corrected chi connectivity index (χ2v) is 10.9. The van der Waals surface area contributed by atoms with Crippen molar-refractivity contribution >= 4 is 23.5 Å². The van der Waals surface area contributed by atoms with E-state index in [1.54, 1.807) is 43.6 Å². The number of oxazole rings is 1. The van der Waals surface area contributed by atoms with Crippen molar-refractivity contribution in [3.05, 3.63) is 96.5 Å². The first-order valence-corrected chi connectivity index (χ1v) is 14.8. The first kappa shape index (κ1) is 32.1. The second kappa shape index (κ2) is 16.1. The van der Waals surface area contributed by atoms with Gasteiger partial charge in [0.25, 0.3) is 0 Å². The van der Waals surface area contributed by atoms with Crippen LogP contribution >= 0.6 is 0 Å². The zero-order valence-corrected chi connectivity index (χ0v) is 25.7. The maximum Gasteiger partial charge on any atom is 0.408 e. The molecule has 0 bridgehead atoms. The smallest absolute Gasteiger partial charge is 0.408 e. The number of methoxy groups -OCH3 is 1. The van der Waals surface area contributed by atoms with Crippen molar-refractivity contribution < 1.29 is 23.5 Å². The first-order valence-electron chi connectivity index (χ1n) is 14.8. The Hall–Kier alpha value is -4.83. The number of benzene rings is 3. The number of ether oxygens (including phenoxy) is 2. The molecule has 0 aliphatic rings. The molecule has 1 atom stereocenters. The molecule has 4 aromatic rings. The highest BCUT2D eigenvalue weighted by Gasteiger charge is 2.21. The monoisotopic (exact) mass is 599 g/mol. The van der Waals surface area contributed by atoms with Crippen molar-refractivity contribution in [2.75, 3.05) is 37.4 Å². The summed E-state index contributed by atoms with van der Waals surface area (Å²) in [7, 11) is 1.55. The van der Waals surface area contributed by atoms with E-state index in [1.165, 1.54) is 6.39 Å². The lowest BCUT2D eigenvalue weighted by atomic mass is 10.1. The van der Waals surface area contributed by atoms with E-state index < -0.39 is 18.2 Å². The molecule has 44 heavy (non-hydrogen) atoms. The number of aromatic nitrogens is 1. The van der Waals surface area contributed by atoms with Crippen LogP contribution < -0.4 is 20.7 Å².